The zero-order valence-electron chi connectivity index (χ0n) is 9.95. The van der Waals surface area contributed by atoms with Crippen molar-refractivity contribution in [2.45, 2.75) is 32.2 Å². The third-order valence-corrected chi connectivity index (χ3v) is 3.13. The Morgan fingerprint density at radius 2 is 2.25 bits per heavy atom. The molecule has 0 saturated carbocycles. The summed E-state index contributed by atoms with van der Waals surface area (Å²) in [6.07, 6.45) is 4.78. The topological polar surface area (TPSA) is 68.2 Å². The number of hydrogen-bond acceptors (Lipinski definition) is 2. The maximum absolute atomic E-state index is 5.62. The van der Waals surface area contributed by atoms with Crippen LogP contribution in [0.2, 0.25) is 0 Å². The van der Waals surface area contributed by atoms with Crippen LogP contribution >= 0.6 is 0 Å². The Labute approximate surface area is 95.7 Å². The number of nitrogens with zero attached hydrogens (tertiary/aromatic N) is 3. The molecule has 1 aromatic rings. The molecule has 0 aromatic carbocycles. The Balaban J connectivity index is 2.17. The lowest BCUT2D eigenvalue weighted by molar-refractivity contribution is 0.663. The number of aromatic nitrogens is 2. The number of rotatable bonds is 2. The van der Waals surface area contributed by atoms with E-state index in [1.807, 2.05) is 11.7 Å². The lowest BCUT2D eigenvalue weighted by Gasteiger charge is -2.12. The van der Waals surface area contributed by atoms with Gasteiger partial charge in [0, 0.05) is 14.1 Å². The van der Waals surface area contributed by atoms with Crippen LogP contribution in [0.3, 0.4) is 0 Å². The third kappa shape index (κ3) is 2.03. The fraction of sp³-hybridized carbons (Fsp3) is 0.636. The van der Waals surface area contributed by atoms with Gasteiger partial charge < -0.3 is 11.1 Å². The highest BCUT2D eigenvalue weighted by Gasteiger charge is 2.18. The molecule has 5 nitrogen and oxygen atoms in total. The molecule has 0 bridgehead atoms. The van der Waals surface area contributed by atoms with Crippen LogP contribution in [0, 0.1) is 0 Å². The van der Waals surface area contributed by atoms with E-state index in [1.165, 1.54) is 29.8 Å². The molecule has 5 heteroatoms. The SMILES string of the molecule is CN=C(N)NCc1c2c(nn1C)CCCC2. The van der Waals surface area contributed by atoms with Crippen LogP contribution in [0.15, 0.2) is 4.99 Å². The number of hydrogen-bond donors (Lipinski definition) is 2. The number of nitrogens with one attached hydrogen (secondary N) is 1. The van der Waals surface area contributed by atoms with E-state index in [1.54, 1.807) is 7.05 Å². The molecule has 0 unspecified atom stereocenters. The summed E-state index contributed by atoms with van der Waals surface area (Å²) in [5, 5.41) is 7.64. The van der Waals surface area contributed by atoms with E-state index in [2.05, 4.69) is 15.4 Å². The molecule has 0 aliphatic heterocycles. The molecule has 0 fully saturated rings. The van der Waals surface area contributed by atoms with Gasteiger partial charge in [-0.2, -0.15) is 5.10 Å². The minimum atomic E-state index is 0.478. The normalized spacial score (nSPS) is 16.0. The number of aliphatic imine (C=N–C) groups is 1. The van der Waals surface area contributed by atoms with Gasteiger partial charge in [0.05, 0.1) is 17.9 Å². The highest BCUT2D eigenvalue weighted by Crippen LogP contribution is 2.23. The van der Waals surface area contributed by atoms with E-state index < -0.39 is 0 Å². The van der Waals surface area contributed by atoms with Gasteiger partial charge in [-0.05, 0) is 31.2 Å². The van der Waals surface area contributed by atoms with Gasteiger partial charge in [-0.3, -0.25) is 9.67 Å². The summed E-state index contributed by atoms with van der Waals surface area (Å²) in [5.74, 6) is 0.478. The first-order valence-electron chi connectivity index (χ1n) is 5.72. The summed E-state index contributed by atoms with van der Waals surface area (Å²) in [7, 11) is 3.68. The first-order valence-corrected chi connectivity index (χ1v) is 5.72. The van der Waals surface area contributed by atoms with Gasteiger partial charge in [-0.25, -0.2) is 0 Å². The van der Waals surface area contributed by atoms with Crippen LogP contribution in [-0.4, -0.2) is 22.8 Å². The lowest BCUT2D eigenvalue weighted by Crippen LogP contribution is -2.31. The average Bonchev–Trinajstić information content (AvgIpc) is 2.62. The van der Waals surface area contributed by atoms with Gasteiger partial charge in [-0.1, -0.05) is 0 Å². The minimum absolute atomic E-state index is 0.478. The predicted molar refractivity (Wildman–Crippen MR) is 64.2 cm³/mol. The molecule has 1 aliphatic carbocycles. The van der Waals surface area contributed by atoms with E-state index in [0.717, 1.165) is 12.8 Å². The molecule has 1 heterocycles. The monoisotopic (exact) mass is 221 g/mol. The van der Waals surface area contributed by atoms with E-state index in [4.69, 9.17) is 5.73 Å². The summed E-state index contributed by atoms with van der Waals surface area (Å²) in [6.45, 7) is 0.710. The van der Waals surface area contributed by atoms with Gasteiger partial charge >= 0.3 is 0 Å². The molecule has 0 atom stereocenters. The quantitative estimate of drug-likeness (QED) is 0.558. The van der Waals surface area contributed by atoms with Gasteiger partial charge in [0.1, 0.15) is 0 Å². The molecule has 1 aromatic heterocycles. The molecule has 3 N–H and O–H groups in total. The van der Waals surface area contributed by atoms with Crippen LogP contribution in [0.5, 0.6) is 0 Å². The summed E-state index contributed by atoms with van der Waals surface area (Å²) < 4.78 is 1.96. The van der Waals surface area contributed by atoms with Crippen LogP contribution in [0.4, 0.5) is 0 Å². The molecule has 88 valence electrons. The zero-order valence-corrected chi connectivity index (χ0v) is 9.95. The fourth-order valence-electron chi connectivity index (χ4n) is 2.22. The van der Waals surface area contributed by atoms with Crippen LogP contribution < -0.4 is 11.1 Å². The van der Waals surface area contributed by atoms with Crippen molar-refractivity contribution >= 4 is 5.96 Å². The molecule has 2 rings (SSSR count). The molecule has 1 aliphatic rings. The fourth-order valence-corrected chi connectivity index (χ4v) is 2.22. The Morgan fingerprint density at radius 3 is 3.00 bits per heavy atom. The molecule has 0 spiro atoms. The maximum atomic E-state index is 5.62. The van der Waals surface area contributed by atoms with E-state index in [9.17, 15) is 0 Å². The molecule has 0 saturated heterocycles. The standard InChI is InChI=1S/C11H19N5/c1-13-11(12)14-7-10-8-5-3-4-6-9(8)15-16(10)2/h3-7H2,1-2H3,(H3,12,13,14). The molecular formula is C11H19N5. The van der Waals surface area contributed by atoms with E-state index >= 15 is 0 Å². The Bertz CT molecular complexity index is 405. The molecule has 0 amide bonds. The second-order valence-corrected chi connectivity index (χ2v) is 4.17. The smallest absolute Gasteiger partial charge is 0.188 e. The summed E-state index contributed by atoms with van der Waals surface area (Å²) in [4.78, 5) is 3.88. The first kappa shape index (κ1) is 11.0. The van der Waals surface area contributed by atoms with Crippen molar-refractivity contribution in [2.24, 2.45) is 17.8 Å². The van der Waals surface area contributed by atoms with Gasteiger partial charge in [0.25, 0.3) is 0 Å². The lowest BCUT2D eigenvalue weighted by atomic mass is 9.96. The van der Waals surface area contributed by atoms with Crippen molar-refractivity contribution < 1.29 is 0 Å². The van der Waals surface area contributed by atoms with Gasteiger partial charge in [-0.15, -0.1) is 0 Å². The largest absolute Gasteiger partial charge is 0.370 e. The number of guanidine groups is 1. The average molecular weight is 221 g/mol. The first-order chi connectivity index (χ1) is 7.72. The minimum Gasteiger partial charge on any atom is -0.370 e. The predicted octanol–water partition coefficient (Wildman–Crippen LogP) is 0.333. The van der Waals surface area contributed by atoms with Crippen LogP contribution in [0.25, 0.3) is 0 Å². The van der Waals surface area contributed by atoms with Crippen molar-refractivity contribution in [1.29, 1.82) is 0 Å². The van der Waals surface area contributed by atoms with Gasteiger partial charge in [0.2, 0.25) is 0 Å². The molecule has 0 radical (unpaired) electrons. The van der Waals surface area contributed by atoms with Crippen molar-refractivity contribution in [3.63, 3.8) is 0 Å². The third-order valence-electron chi connectivity index (χ3n) is 3.13. The number of aryl methyl sites for hydroxylation is 2. The van der Waals surface area contributed by atoms with Gasteiger partial charge in [0.15, 0.2) is 5.96 Å². The highest BCUT2D eigenvalue weighted by atomic mass is 15.3. The highest BCUT2D eigenvalue weighted by molar-refractivity contribution is 5.77. The van der Waals surface area contributed by atoms with Crippen molar-refractivity contribution in [2.75, 3.05) is 7.05 Å². The molecule has 16 heavy (non-hydrogen) atoms. The van der Waals surface area contributed by atoms with E-state index in [0.29, 0.717) is 12.5 Å². The number of nitrogens with two attached hydrogens (primary N) is 1. The number of fused-ring (bicyclic) bond motifs is 1. The summed E-state index contributed by atoms with van der Waals surface area (Å²) in [6, 6.07) is 0. The second-order valence-electron chi connectivity index (χ2n) is 4.17. The Kier molecular flexibility index (Phi) is 3.12. The zero-order chi connectivity index (χ0) is 11.5. The molecular weight excluding hydrogens is 202 g/mol. The summed E-state index contributed by atoms with van der Waals surface area (Å²) >= 11 is 0. The maximum Gasteiger partial charge on any atom is 0.188 e. The second kappa shape index (κ2) is 4.55. The Morgan fingerprint density at radius 1 is 1.50 bits per heavy atom. The van der Waals surface area contributed by atoms with Crippen molar-refractivity contribution in [3.05, 3.63) is 17.0 Å². The summed E-state index contributed by atoms with van der Waals surface area (Å²) in [5.41, 5.74) is 9.53. The van der Waals surface area contributed by atoms with Crippen LogP contribution in [-0.2, 0) is 26.4 Å². The van der Waals surface area contributed by atoms with E-state index in [-0.39, 0.29) is 0 Å². The van der Waals surface area contributed by atoms with Crippen molar-refractivity contribution in [1.82, 2.24) is 15.1 Å². The van der Waals surface area contributed by atoms with Crippen LogP contribution in [0.1, 0.15) is 29.8 Å². The van der Waals surface area contributed by atoms with Crippen molar-refractivity contribution in [3.8, 4) is 0 Å². The Hall–Kier alpha value is -1.52.